The van der Waals surface area contributed by atoms with Crippen LogP contribution in [0.15, 0.2) is 12.3 Å². The zero-order valence-electron chi connectivity index (χ0n) is 8.35. The van der Waals surface area contributed by atoms with Gasteiger partial charge in [-0.1, -0.05) is 30.1 Å². The molecule has 0 bridgehead atoms. The third-order valence-electron chi connectivity index (χ3n) is 1.95. The molecule has 0 fully saturated rings. The van der Waals surface area contributed by atoms with Crippen LogP contribution in [0, 0.1) is 0 Å². The molecule has 14 heavy (non-hydrogen) atoms. The maximum absolute atomic E-state index is 6.02. The van der Waals surface area contributed by atoms with E-state index in [9.17, 15) is 0 Å². The van der Waals surface area contributed by atoms with Gasteiger partial charge in [0.05, 0.1) is 15.7 Å². The van der Waals surface area contributed by atoms with Crippen molar-refractivity contribution in [3.8, 4) is 0 Å². The van der Waals surface area contributed by atoms with Gasteiger partial charge in [-0.05, 0) is 26.0 Å². The number of nitrogens with zero attached hydrogens (tertiary/aromatic N) is 1. The van der Waals surface area contributed by atoms with E-state index in [1.807, 2.05) is 6.92 Å². The summed E-state index contributed by atoms with van der Waals surface area (Å²) in [6, 6.07) is 1.88. The fourth-order valence-electron chi connectivity index (χ4n) is 1.20. The summed E-state index contributed by atoms with van der Waals surface area (Å²) in [4.78, 5) is 4.20. The first-order valence-electron chi connectivity index (χ1n) is 4.69. The number of rotatable bonds is 4. The molecule has 0 spiro atoms. The van der Waals surface area contributed by atoms with Crippen molar-refractivity contribution in [2.45, 2.75) is 26.3 Å². The van der Waals surface area contributed by atoms with Crippen molar-refractivity contribution in [1.82, 2.24) is 10.3 Å². The molecule has 1 N–H and O–H groups in total. The largest absolute Gasteiger partial charge is 0.309 e. The standard InChI is InChI=1S/C10H14Cl2N2/c1-3-4-13-7(2)10-9(12)5-8(11)6-14-10/h5-7,13H,3-4H2,1-2H3. The van der Waals surface area contributed by atoms with E-state index in [1.54, 1.807) is 12.3 Å². The summed E-state index contributed by atoms with van der Waals surface area (Å²) < 4.78 is 0. The van der Waals surface area contributed by atoms with Crippen molar-refractivity contribution in [2.75, 3.05) is 6.54 Å². The molecule has 1 heterocycles. The summed E-state index contributed by atoms with van der Waals surface area (Å²) in [7, 11) is 0. The van der Waals surface area contributed by atoms with Crippen molar-refractivity contribution in [3.63, 3.8) is 0 Å². The summed E-state index contributed by atoms with van der Waals surface area (Å²) in [6.07, 6.45) is 2.71. The van der Waals surface area contributed by atoms with Gasteiger partial charge in [0, 0.05) is 12.2 Å². The van der Waals surface area contributed by atoms with Gasteiger partial charge in [-0.25, -0.2) is 0 Å². The highest BCUT2D eigenvalue weighted by atomic mass is 35.5. The van der Waals surface area contributed by atoms with Gasteiger partial charge in [0.15, 0.2) is 0 Å². The molecule has 2 nitrogen and oxygen atoms in total. The van der Waals surface area contributed by atoms with Crippen LogP contribution in [-0.4, -0.2) is 11.5 Å². The number of hydrogen-bond donors (Lipinski definition) is 1. The molecular formula is C10H14Cl2N2. The molecule has 1 atom stereocenters. The van der Waals surface area contributed by atoms with Crippen LogP contribution in [0.4, 0.5) is 0 Å². The van der Waals surface area contributed by atoms with E-state index in [4.69, 9.17) is 23.2 Å². The minimum Gasteiger partial charge on any atom is -0.309 e. The second-order valence-corrected chi connectivity index (χ2v) is 4.04. The lowest BCUT2D eigenvalue weighted by molar-refractivity contribution is 0.559. The van der Waals surface area contributed by atoms with Crippen LogP contribution in [0.5, 0.6) is 0 Å². The van der Waals surface area contributed by atoms with Gasteiger partial charge in [-0.3, -0.25) is 4.98 Å². The van der Waals surface area contributed by atoms with Crippen molar-refractivity contribution in [3.05, 3.63) is 28.0 Å². The Balaban J connectivity index is 2.74. The van der Waals surface area contributed by atoms with Crippen LogP contribution in [0.3, 0.4) is 0 Å². The van der Waals surface area contributed by atoms with E-state index in [-0.39, 0.29) is 6.04 Å². The van der Waals surface area contributed by atoms with Gasteiger partial charge in [-0.2, -0.15) is 0 Å². The molecule has 4 heteroatoms. The molecule has 1 aromatic rings. The second-order valence-electron chi connectivity index (χ2n) is 3.20. The Morgan fingerprint density at radius 3 is 2.79 bits per heavy atom. The van der Waals surface area contributed by atoms with E-state index in [0.717, 1.165) is 18.7 Å². The number of hydrogen-bond acceptors (Lipinski definition) is 2. The number of pyridine rings is 1. The van der Waals surface area contributed by atoms with Crippen molar-refractivity contribution in [1.29, 1.82) is 0 Å². The molecule has 78 valence electrons. The summed E-state index contributed by atoms with van der Waals surface area (Å²) in [6.45, 7) is 5.12. The Hall–Kier alpha value is -0.310. The third-order valence-corrected chi connectivity index (χ3v) is 2.46. The summed E-state index contributed by atoms with van der Waals surface area (Å²) in [5.74, 6) is 0. The Morgan fingerprint density at radius 2 is 2.21 bits per heavy atom. The third kappa shape index (κ3) is 3.12. The maximum atomic E-state index is 6.02. The smallest absolute Gasteiger partial charge is 0.0757 e. The lowest BCUT2D eigenvalue weighted by Gasteiger charge is -2.13. The predicted molar refractivity (Wildman–Crippen MR) is 61.0 cm³/mol. The summed E-state index contributed by atoms with van der Waals surface area (Å²) in [5.41, 5.74) is 0.851. The monoisotopic (exact) mass is 232 g/mol. The van der Waals surface area contributed by atoms with Crippen LogP contribution < -0.4 is 5.32 Å². The highest BCUT2D eigenvalue weighted by molar-refractivity contribution is 6.34. The SMILES string of the molecule is CCCNC(C)c1ncc(Cl)cc1Cl. The highest BCUT2D eigenvalue weighted by Crippen LogP contribution is 2.23. The molecule has 0 radical (unpaired) electrons. The maximum Gasteiger partial charge on any atom is 0.0757 e. The first-order valence-corrected chi connectivity index (χ1v) is 5.45. The van der Waals surface area contributed by atoms with E-state index in [1.165, 1.54) is 0 Å². The molecule has 0 aliphatic heterocycles. The first kappa shape index (κ1) is 11.8. The molecule has 0 aliphatic rings. The molecular weight excluding hydrogens is 219 g/mol. The van der Waals surface area contributed by atoms with E-state index in [0.29, 0.717) is 10.0 Å². The van der Waals surface area contributed by atoms with Gasteiger partial charge in [0.25, 0.3) is 0 Å². The second kappa shape index (κ2) is 5.54. The minimum atomic E-state index is 0.166. The van der Waals surface area contributed by atoms with Gasteiger partial charge < -0.3 is 5.32 Å². The Bertz CT molecular complexity index is 302. The molecule has 1 rings (SSSR count). The van der Waals surface area contributed by atoms with E-state index in [2.05, 4.69) is 17.2 Å². The van der Waals surface area contributed by atoms with Gasteiger partial charge in [-0.15, -0.1) is 0 Å². The van der Waals surface area contributed by atoms with Gasteiger partial charge >= 0.3 is 0 Å². The Morgan fingerprint density at radius 1 is 1.50 bits per heavy atom. The first-order chi connectivity index (χ1) is 6.65. The van der Waals surface area contributed by atoms with Crippen LogP contribution >= 0.6 is 23.2 Å². The number of aromatic nitrogens is 1. The predicted octanol–water partition coefficient (Wildman–Crippen LogP) is 3.45. The quantitative estimate of drug-likeness (QED) is 0.861. The fraction of sp³-hybridized carbons (Fsp3) is 0.500. The minimum absolute atomic E-state index is 0.166. The fourth-order valence-corrected chi connectivity index (χ4v) is 1.75. The van der Waals surface area contributed by atoms with Gasteiger partial charge in [0.1, 0.15) is 0 Å². The van der Waals surface area contributed by atoms with E-state index >= 15 is 0 Å². The van der Waals surface area contributed by atoms with Crippen molar-refractivity contribution in [2.24, 2.45) is 0 Å². The van der Waals surface area contributed by atoms with Crippen molar-refractivity contribution >= 4 is 23.2 Å². The molecule has 0 aliphatic carbocycles. The summed E-state index contributed by atoms with van der Waals surface area (Å²) in [5, 5.41) is 4.51. The lowest BCUT2D eigenvalue weighted by Crippen LogP contribution is -2.20. The molecule has 0 saturated carbocycles. The molecule has 0 aromatic carbocycles. The topological polar surface area (TPSA) is 24.9 Å². The van der Waals surface area contributed by atoms with Gasteiger partial charge in [0.2, 0.25) is 0 Å². The molecule has 0 amide bonds. The average Bonchev–Trinajstić information content (AvgIpc) is 2.14. The van der Waals surface area contributed by atoms with Crippen LogP contribution in [-0.2, 0) is 0 Å². The zero-order valence-corrected chi connectivity index (χ0v) is 9.86. The van der Waals surface area contributed by atoms with Crippen LogP contribution in [0.2, 0.25) is 10.0 Å². The number of nitrogens with one attached hydrogen (secondary N) is 1. The van der Waals surface area contributed by atoms with Crippen LogP contribution in [0.1, 0.15) is 32.0 Å². The Kier molecular flexibility index (Phi) is 4.66. The number of halogens is 2. The molecule has 0 saturated heterocycles. The molecule has 1 aromatic heterocycles. The molecule has 1 unspecified atom stereocenters. The van der Waals surface area contributed by atoms with E-state index < -0.39 is 0 Å². The summed E-state index contributed by atoms with van der Waals surface area (Å²) >= 11 is 11.8. The normalized spacial score (nSPS) is 12.9. The van der Waals surface area contributed by atoms with Crippen molar-refractivity contribution < 1.29 is 0 Å². The zero-order chi connectivity index (χ0) is 10.6. The average molecular weight is 233 g/mol. The lowest BCUT2D eigenvalue weighted by atomic mass is 10.2. The van der Waals surface area contributed by atoms with Crippen LogP contribution in [0.25, 0.3) is 0 Å². The Labute approximate surface area is 94.6 Å². The highest BCUT2D eigenvalue weighted by Gasteiger charge is 2.10.